The van der Waals surface area contributed by atoms with Crippen molar-refractivity contribution in [3.63, 3.8) is 0 Å². The fourth-order valence-electron chi connectivity index (χ4n) is 7.21. The smallest absolute Gasteiger partial charge is 0.101 e. The predicted octanol–water partition coefficient (Wildman–Crippen LogP) is 10.4. The first-order valence-corrected chi connectivity index (χ1v) is 17.3. The second-order valence-electron chi connectivity index (χ2n) is 11.8. The van der Waals surface area contributed by atoms with Crippen LogP contribution in [0.4, 0.5) is 11.4 Å². The number of hydrogen-bond acceptors (Lipinski definition) is 6. The molecule has 8 heteroatoms. The summed E-state index contributed by atoms with van der Waals surface area (Å²) in [5, 5.41) is 7.09. The van der Waals surface area contributed by atoms with Crippen molar-refractivity contribution in [2.45, 2.75) is 0 Å². The average molecular weight is 655 g/mol. The molecule has 0 amide bonds. The Labute approximate surface area is 282 Å². The normalized spacial score (nSPS) is 11.9. The SMILES string of the molecule is Nc1c(N)c(-c2ccc(-n3c4ccccc4c4ccccc43)s2)c2nccnc2c1-c1ccc(-n2c3ccccc3c3ccccc32)s1. The maximum Gasteiger partial charge on any atom is 0.101 e. The fourth-order valence-corrected chi connectivity index (χ4v) is 9.40. The van der Waals surface area contributed by atoms with Crippen LogP contribution in [0.15, 0.2) is 134 Å². The van der Waals surface area contributed by atoms with Crippen LogP contribution in [-0.2, 0) is 0 Å². The Hall–Kier alpha value is -5.96. The molecular formula is C40H26N6S2. The van der Waals surface area contributed by atoms with Gasteiger partial charge in [0.05, 0.1) is 33.4 Å². The minimum Gasteiger partial charge on any atom is -0.396 e. The summed E-state index contributed by atoms with van der Waals surface area (Å²) in [6.45, 7) is 0. The van der Waals surface area contributed by atoms with Crippen molar-refractivity contribution >= 4 is 88.7 Å². The molecule has 0 aliphatic heterocycles. The van der Waals surface area contributed by atoms with Crippen molar-refractivity contribution in [1.29, 1.82) is 0 Å². The molecule has 0 saturated carbocycles. The Bertz CT molecular complexity index is 2580. The summed E-state index contributed by atoms with van der Waals surface area (Å²) in [6.07, 6.45) is 3.45. The van der Waals surface area contributed by atoms with Gasteiger partial charge < -0.3 is 20.6 Å². The van der Waals surface area contributed by atoms with E-state index >= 15 is 0 Å². The van der Waals surface area contributed by atoms with Crippen LogP contribution in [0.3, 0.4) is 0 Å². The zero-order valence-corrected chi connectivity index (χ0v) is 27.1. The quantitative estimate of drug-likeness (QED) is 0.185. The summed E-state index contributed by atoms with van der Waals surface area (Å²) in [6, 6.07) is 42.7. The van der Waals surface area contributed by atoms with Crippen molar-refractivity contribution in [3.05, 3.63) is 134 Å². The highest BCUT2D eigenvalue weighted by Crippen LogP contribution is 2.48. The van der Waals surface area contributed by atoms with Gasteiger partial charge in [-0.15, -0.1) is 22.7 Å². The van der Waals surface area contributed by atoms with Gasteiger partial charge in [-0.2, -0.15) is 0 Å². The highest BCUT2D eigenvalue weighted by atomic mass is 32.1. The highest BCUT2D eigenvalue weighted by molar-refractivity contribution is 7.18. The van der Waals surface area contributed by atoms with Crippen molar-refractivity contribution in [1.82, 2.24) is 19.1 Å². The maximum atomic E-state index is 6.98. The van der Waals surface area contributed by atoms with Crippen LogP contribution in [0.1, 0.15) is 0 Å². The number of para-hydroxylation sites is 4. The van der Waals surface area contributed by atoms with Gasteiger partial charge in [-0.25, -0.2) is 0 Å². The lowest BCUT2D eigenvalue weighted by Crippen LogP contribution is -2.02. The molecule has 5 aromatic heterocycles. The predicted molar refractivity (Wildman–Crippen MR) is 204 cm³/mol. The van der Waals surface area contributed by atoms with E-state index in [1.165, 1.54) is 21.5 Å². The van der Waals surface area contributed by atoms with E-state index < -0.39 is 0 Å². The number of anilines is 2. The largest absolute Gasteiger partial charge is 0.396 e. The number of rotatable bonds is 4. The molecule has 0 aliphatic carbocycles. The third-order valence-electron chi connectivity index (χ3n) is 9.28. The molecule has 0 radical (unpaired) electrons. The Morgan fingerprint density at radius 3 is 1.10 bits per heavy atom. The molecule has 5 aromatic carbocycles. The first kappa shape index (κ1) is 27.2. The van der Waals surface area contributed by atoms with Gasteiger partial charge in [0.15, 0.2) is 0 Å². The van der Waals surface area contributed by atoms with Crippen LogP contribution in [0.25, 0.3) is 85.5 Å². The van der Waals surface area contributed by atoms with E-state index in [-0.39, 0.29) is 0 Å². The number of nitrogen functional groups attached to an aromatic ring is 2. The minimum atomic E-state index is 0.514. The highest BCUT2D eigenvalue weighted by Gasteiger charge is 2.24. The molecule has 10 rings (SSSR count). The summed E-state index contributed by atoms with van der Waals surface area (Å²) < 4.78 is 4.64. The molecule has 6 nitrogen and oxygen atoms in total. The second kappa shape index (κ2) is 10.3. The Morgan fingerprint density at radius 1 is 0.417 bits per heavy atom. The number of fused-ring (bicyclic) bond motifs is 7. The molecule has 10 aromatic rings. The summed E-state index contributed by atoms with van der Waals surface area (Å²) in [5.41, 5.74) is 22.8. The molecule has 48 heavy (non-hydrogen) atoms. The van der Waals surface area contributed by atoms with E-state index in [1.807, 2.05) is 0 Å². The molecule has 0 fully saturated rings. The van der Waals surface area contributed by atoms with Gasteiger partial charge in [0.2, 0.25) is 0 Å². The van der Waals surface area contributed by atoms with Crippen LogP contribution in [0.5, 0.6) is 0 Å². The van der Waals surface area contributed by atoms with Crippen molar-refractivity contribution in [3.8, 4) is 30.9 Å². The van der Waals surface area contributed by atoms with Crippen LogP contribution in [0, 0.1) is 0 Å². The second-order valence-corrected chi connectivity index (χ2v) is 14.0. The Balaban J connectivity index is 1.15. The van der Waals surface area contributed by atoms with E-state index in [1.54, 1.807) is 35.1 Å². The lowest BCUT2D eigenvalue weighted by atomic mass is 10.0. The molecule has 0 saturated heterocycles. The third kappa shape index (κ3) is 3.78. The van der Waals surface area contributed by atoms with Gasteiger partial charge >= 0.3 is 0 Å². The Morgan fingerprint density at radius 2 is 0.750 bits per heavy atom. The van der Waals surface area contributed by atoms with Crippen LogP contribution in [-0.4, -0.2) is 19.1 Å². The number of nitrogens with zero attached hydrogens (tertiary/aromatic N) is 4. The molecule has 0 bridgehead atoms. The zero-order chi connectivity index (χ0) is 31.9. The summed E-state index contributed by atoms with van der Waals surface area (Å²) in [5.74, 6) is 0. The van der Waals surface area contributed by atoms with E-state index in [0.717, 1.165) is 64.0 Å². The first-order chi connectivity index (χ1) is 23.7. The number of benzene rings is 5. The number of nitrogens with two attached hydrogens (primary N) is 2. The molecule has 0 aliphatic rings. The van der Waals surface area contributed by atoms with Crippen LogP contribution >= 0.6 is 22.7 Å². The maximum absolute atomic E-state index is 6.98. The third-order valence-corrected chi connectivity index (χ3v) is 11.5. The Kier molecular flexibility index (Phi) is 5.82. The van der Waals surface area contributed by atoms with E-state index in [0.29, 0.717) is 11.4 Å². The van der Waals surface area contributed by atoms with Gasteiger partial charge in [-0.3, -0.25) is 9.97 Å². The summed E-state index contributed by atoms with van der Waals surface area (Å²) in [7, 11) is 0. The van der Waals surface area contributed by atoms with Crippen molar-refractivity contribution in [2.75, 3.05) is 11.5 Å². The number of aromatic nitrogens is 4. The van der Waals surface area contributed by atoms with Gasteiger partial charge in [-0.05, 0) is 48.5 Å². The zero-order valence-electron chi connectivity index (χ0n) is 25.5. The molecule has 4 N–H and O–H groups in total. The number of hydrogen-bond donors (Lipinski definition) is 2. The molecule has 0 unspecified atom stereocenters. The molecular weight excluding hydrogens is 629 g/mol. The van der Waals surface area contributed by atoms with Crippen molar-refractivity contribution in [2.24, 2.45) is 0 Å². The van der Waals surface area contributed by atoms with Gasteiger partial charge in [0.1, 0.15) is 21.0 Å². The molecule has 228 valence electrons. The van der Waals surface area contributed by atoms with Crippen molar-refractivity contribution < 1.29 is 0 Å². The van der Waals surface area contributed by atoms with E-state index in [2.05, 4.69) is 130 Å². The first-order valence-electron chi connectivity index (χ1n) is 15.7. The van der Waals surface area contributed by atoms with Gasteiger partial charge in [0, 0.05) is 54.8 Å². The number of thiophene rings is 2. The molecule has 0 atom stereocenters. The standard InChI is InChI=1S/C40H26N6S2/c41-37-35(31-17-19-33(47-31)45-27-13-5-1-9-23(27)24-10-2-6-14-28(24)45)39-40(44-22-21-43-39)36(38(37)42)32-18-20-34(48-32)46-29-15-7-3-11-25(29)26-12-4-8-16-30(26)46/h1-22H,41-42H2. The van der Waals surface area contributed by atoms with E-state index in [4.69, 9.17) is 21.4 Å². The summed E-state index contributed by atoms with van der Waals surface area (Å²) >= 11 is 3.35. The lowest BCUT2D eigenvalue weighted by Gasteiger charge is -2.15. The molecule has 0 spiro atoms. The fraction of sp³-hybridized carbons (Fsp3) is 0. The van der Waals surface area contributed by atoms with Crippen LogP contribution < -0.4 is 11.5 Å². The minimum absolute atomic E-state index is 0.514. The topological polar surface area (TPSA) is 87.7 Å². The average Bonchev–Trinajstić information content (AvgIpc) is 3.92. The molecule has 5 heterocycles. The van der Waals surface area contributed by atoms with Gasteiger partial charge in [0.25, 0.3) is 0 Å². The van der Waals surface area contributed by atoms with E-state index in [9.17, 15) is 0 Å². The van der Waals surface area contributed by atoms with Crippen LogP contribution in [0.2, 0.25) is 0 Å². The summed E-state index contributed by atoms with van der Waals surface area (Å²) in [4.78, 5) is 11.7. The van der Waals surface area contributed by atoms with Gasteiger partial charge in [-0.1, -0.05) is 72.8 Å². The monoisotopic (exact) mass is 654 g/mol. The lowest BCUT2D eigenvalue weighted by molar-refractivity contribution is 1.22.